The van der Waals surface area contributed by atoms with Gasteiger partial charge in [0.25, 0.3) is 0 Å². The van der Waals surface area contributed by atoms with E-state index in [1.54, 1.807) is 0 Å². The highest BCUT2D eigenvalue weighted by molar-refractivity contribution is 7.99. The van der Waals surface area contributed by atoms with Crippen molar-refractivity contribution in [1.82, 2.24) is 5.32 Å². The highest BCUT2D eigenvalue weighted by atomic mass is 32.2. The highest BCUT2D eigenvalue weighted by Crippen LogP contribution is 2.25. The quantitative estimate of drug-likeness (QED) is 0.912. The average Bonchev–Trinajstić information content (AvgIpc) is 2.37. The van der Waals surface area contributed by atoms with Gasteiger partial charge in [-0.1, -0.05) is 17.7 Å². The van der Waals surface area contributed by atoms with Crippen molar-refractivity contribution in [2.24, 2.45) is 0 Å². The third-order valence-corrected chi connectivity index (χ3v) is 4.34. The maximum absolute atomic E-state index is 3.61. The molecule has 0 atom stereocenters. The van der Waals surface area contributed by atoms with Crippen molar-refractivity contribution in [3.8, 4) is 0 Å². The van der Waals surface area contributed by atoms with Crippen LogP contribution in [-0.4, -0.2) is 30.1 Å². The van der Waals surface area contributed by atoms with E-state index in [1.807, 2.05) is 0 Å². The number of anilines is 1. The number of hydrogen-bond donors (Lipinski definition) is 1. The highest BCUT2D eigenvalue weighted by Gasteiger charge is 2.16. The van der Waals surface area contributed by atoms with Crippen molar-refractivity contribution in [2.45, 2.75) is 39.8 Å². The summed E-state index contributed by atoms with van der Waals surface area (Å²) in [6.07, 6.45) is 0. The number of hydrogen-bond acceptors (Lipinski definition) is 3. The summed E-state index contributed by atoms with van der Waals surface area (Å²) in [6.45, 7) is 12.1. The van der Waals surface area contributed by atoms with Crippen LogP contribution in [0.15, 0.2) is 18.2 Å². The molecule has 0 aliphatic carbocycles. The molecule has 0 bridgehead atoms. The largest absolute Gasteiger partial charge is 0.370 e. The van der Waals surface area contributed by atoms with E-state index in [4.69, 9.17) is 0 Å². The molecule has 1 fully saturated rings. The summed E-state index contributed by atoms with van der Waals surface area (Å²) in [4.78, 5) is 2.54. The molecule has 0 aromatic heterocycles. The molecule has 19 heavy (non-hydrogen) atoms. The molecule has 1 heterocycles. The van der Waals surface area contributed by atoms with Gasteiger partial charge in [-0.2, -0.15) is 11.8 Å². The number of nitrogens with one attached hydrogen (secondary N) is 1. The molecule has 3 heteroatoms. The molecule has 1 aliphatic rings. The summed E-state index contributed by atoms with van der Waals surface area (Å²) in [6, 6.07) is 6.86. The molecule has 0 amide bonds. The second kappa shape index (κ2) is 6.19. The van der Waals surface area contributed by atoms with Crippen molar-refractivity contribution < 1.29 is 0 Å². The third-order valence-electron chi connectivity index (χ3n) is 3.40. The Morgan fingerprint density at radius 2 is 1.89 bits per heavy atom. The molecule has 1 N–H and O–H groups in total. The first kappa shape index (κ1) is 14.7. The van der Waals surface area contributed by atoms with Crippen LogP contribution in [0.4, 0.5) is 5.69 Å². The lowest BCUT2D eigenvalue weighted by atomic mass is 10.0. The first-order chi connectivity index (χ1) is 8.96. The Morgan fingerprint density at radius 3 is 2.53 bits per heavy atom. The molecule has 1 saturated heterocycles. The second-order valence-corrected chi connectivity index (χ2v) is 7.56. The molecular weight excluding hydrogens is 252 g/mol. The number of thioether (sulfide) groups is 1. The standard InChI is InChI=1S/C16H26N2S/c1-13-5-6-15(18-7-9-19-10-8-18)14(11-13)12-17-16(2,3)4/h5-6,11,17H,7-10,12H2,1-4H3. The lowest BCUT2D eigenvalue weighted by molar-refractivity contribution is 0.424. The monoisotopic (exact) mass is 278 g/mol. The Kier molecular flexibility index (Phi) is 4.80. The smallest absolute Gasteiger partial charge is 0.0412 e. The van der Waals surface area contributed by atoms with Crippen molar-refractivity contribution in [3.05, 3.63) is 29.3 Å². The fourth-order valence-corrected chi connectivity index (χ4v) is 3.23. The summed E-state index contributed by atoms with van der Waals surface area (Å²) in [5, 5.41) is 3.61. The van der Waals surface area contributed by atoms with Gasteiger partial charge >= 0.3 is 0 Å². The molecule has 1 aromatic rings. The van der Waals surface area contributed by atoms with E-state index < -0.39 is 0 Å². The van der Waals surface area contributed by atoms with Crippen LogP contribution in [-0.2, 0) is 6.54 Å². The van der Waals surface area contributed by atoms with Gasteiger partial charge in [0.1, 0.15) is 0 Å². The van der Waals surface area contributed by atoms with Crippen molar-refractivity contribution in [2.75, 3.05) is 29.5 Å². The maximum Gasteiger partial charge on any atom is 0.0412 e. The number of rotatable bonds is 3. The van der Waals surface area contributed by atoms with Gasteiger partial charge in [-0.15, -0.1) is 0 Å². The molecule has 0 spiro atoms. The summed E-state index contributed by atoms with van der Waals surface area (Å²) >= 11 is 2.06. The van der Waals surface area contributed by atoms with E-state index in [0.717, 1.165) is 6.54 Å². The number of aryl methyl sites for hydroxylation is 1. The van der Waals surface area contributed by atoms with E-state index in [9.17, 15) is 0 Å². The van der Waals surface area contributed by atoms with E-state index >= 15 is 0 Å². The SMILES string of the molecule is Cc1ccc(N2CCSCC2)c(CNC(C)(C)C)c1. The fourth-order valence-electron chi connectivity index (χ4n) is 2.33. The van der Waals surface area contributed by atoms with Gasteiger partial charge in [0.15, 0.2) is 0 Å². The van der Waals surface area contributed by atoms with E-state index in [0.29, 0.717) is 0 Å². The molecule has 0 radical (unpaired) electrons. The molecule has 2 rings (SSSR count). The van der Waals surface area contributed by atoms with Crippen LogP contribution in [0.5, 0.6) is 0 Å². The predicted octanol–water partition coefficient (Wildman–Crippen LogP) is 3.44. The van der Waals surface area contributed by atoms with Crippen molar-refractivity contribution >= 4 is 17.4 Å². The van der Waals surface area contributed by atoms with Gasteiger partial charge in [0.2, 0.25) is 0 Å². The Bertz CT molecular complexity index is 417. The van der Waals surface area contributed by atoms with Crippen LogP contribution in [0.2, 0.25) is 0 Å². The van der Waals surface area contributed by atoms with Crippen LogP contribution in [0.3, 0.4) is 0 Å². The van der Waals surface area contributed by atoms with Crippen LogP contribution in [0.1, 0.15) is 31.9 Å². The summed E-state index contributed by atoms with van der Waals surface area (Å²) in [5.41, 5.74) is 4.36. The van der Waals surface area contributed by atoms with E-state index in [2.05, 4.69) is 67.9 Å². The third kappa shape index (κ3) is 4.43. The first-order valence-corrected chi connectivity index (χ1v) is 8.28. The molecule has 106 valence electrons. The van der Waals surface area contributed by atoms with Crippen LogP contribution in [0, 0.1) is 6.92 Å². The van der Waals surface area contributed by atoms with E-state index in [1.165, 1.54) is 41.4 Å². The summed E-state index contributed by atoms with van der Waals surface area (Å²) in [5.74, 6) is 2.50. The summed E-state index contributed by atoms with van der Waals surface area (Å²) < 4.78 is 0. The molecule has 0 saturated carbocycles. The zero-order valence-electron chi connectivity index (χ0n) is 12.6. The Hall–Kier alpha value is -0.670. The summed E-state index contributed by atoms with van der Waals surface area (Å²) in [7, 11) is 0. The normalized spacial score (nSPS) is 16.7. The lowest BCUT2D eigenvalue weighted by Gasteiger charge is -2.31. The van der Waals surface area contributed by atoms with Gasteiger partial charge in [-0.25, -0.2) is 0 Å². The molecule has 1 aromatic carbocycles. The number of benzene rings is 1. The minimum atomic E-state index is 0.165. The Morgan fingerprint density at radius 1 is 1.21 bits per heavy atom. The van der Waals surface area contributed by atoms with Gasteiger partial charge in [0, 0.05) is 42.4 Å². The van der Waals surface area contributed by atoms with Gasteiger partial charge in [-0.3, -0.25) is 0 Å². The molecular formula is C16H26N2S. The van der Waals surface area contributed by atoms with Crippen molar-refractivity contribution in [3.63, 3.8) is 0 Å². The van der Waals surface area contributed by atoms with Gasteiger partial charge in [0.05, 0.1) is 0 Å². The molecule has 2 nitrogen and oxygen atoms in total. The Labute approximate surface area is 122 Å². The molecule has 1 aliphatic heterocycles. The zero-order chi connectivity index (χ0) is 13.9. The van der Waals surface area contributed by atoms with Crippen LogP contribution < -0.4 is 10.2 Å². The minimum Gasteiger partial charge on any atom is -0.370 e. The van der Waals surface area contributed by atoms with Gasteiger partial charge < -0.3 is 10.2 Å². The second-order valence-electron chi connectivity index (χ2n) is 6.34. The first-order valence-electron chi connectivity index (χ1n) is 7.13. The topological polar surface area (TPSA) is 15.3 Å². The minimum absolute atomic E-state index is 0.165. The van der Waals surface area contributed by atoms with E-state index in [-0.39, 0.29) is 5.54 Å². The van der Waals surface area contributed by atoms with Crippen molar-refractivity contribution in [1.29, 1.82) is 0 Å². The zero-order valence-corrected chi connectivity index (χ0v) is 13.4. The van der Waals surface area contributed by atoms with Gasteiger partial charge in [-0.05, 0) is 39.3 Å². The average molecular weight is 278 g/mol. The van der Waals surface area contributed by atoms with Crippen LogP contribution >= 0.6 is 11.8 Å². The van der Waals surface area contributed by atoms with Crippen LogP contribution in [0.25, 0.3) is 0 Å². The number of nitrogens with zero attached hydrogens (tertiary/aromatic N) is 1. The lowest BCUT2D eigenvalue weighted by Crippen LogP contribution is -2.37. The maximum atomic E-state index is 3.61. The predicted molar refractivity (Wildman–Crippen MR) is 87.3 cm³/mol. The fraction of sp³-hybridized carbons (Fsp3) is 0.625. The Balaban J connectivity index is 2.17. The molecule has 0 unspecified atom stereocenters.